The van der Waals surface area contributed by atoms with Crippen LogP contribution in [0.25, 0.3) is 0 Å². The lowest BCUT2D eigenvalue weighted by Crippen LogP contribution is -2.49. The topological polar surface area (TPSA) is 86.9 Å². The third kappa shape index (κ3) is 3.99. The smallest absolute Gasteiger partial charge is 0.268 e. The molecule has 2 aromatic carbocycles. The molecule has 1 saturated heterocycles. The molecule has 0 aromatic heterocycles. The molecule has 0 aliphatic carbocycles. The quantitative estimate of drug-likeness (QED) is 0.668. The Morgan fingerprint density at radius 1 is 1.22 bits per heavy atom. The predicted octanol–water partition coefficient (Wildman–Crippen LogP) is 3.97. The summed E-state index contributed by atoms with van der Waals surface area (Å²) in [6.45, 7) is 4.57. The number of aliphatic hydroxyl groups is 1. The van der Waals surface area contributed by atoms with Gasteiger partial charge in [0.1, 0.15) is 0 Å². The van der Waals surface area contributed by atoms with Crippen LogP contribution in [0.15, 0.2) is 36.4 Å². The minimum atomic E-state index is -2.05. The van der Waals surface area contributed by atoms with Crippen LogP contribution in [0.1, 0.15) is 47.7 Å². The normalized spacial score (nSPS) is 23.4. The minimum absolute atomic E-state index is 0. The van der Waals surface area contributed by atoms with Crippen molar-refractivity contribution in [2.45, 2.75) is 37.8 Å². The van der Waals surface area contributed by atoms with Crippen LogP contribution >= 0.6 is 35.6 Å². The number of anilines is 1. The van der Waals surface area contributed by atoms with E-state index in [0.29, 0.717) is 12.2 Å². The molecule has 0 radical (unpaired) electrons. The Kier molecular flexibility index (Phi) is 7.42. The van der Waals surface area contributed by atoms with Crippen molar-refractivity contribution < 1.29 is 14.7 Å². The zero-order valence-corrected chi connectivity index (χ0v) is 20.0. The summed E-state index contributed by atoms with van der Waals surface area (Å²) < 4.78 is 0. The van der Waals surface area contributed by atoms with Gasteiger partial charge >= 0.3 is 0 Å². The van der Waals surface area contributed by atoms with Gasteiger partial charge in [0, 0.05) is 34.3 Å². The number of likely N-dealkylation sites (N-methyl/N-ethyl adjacent to an activating group) is 1. The van der Waals surface area contributed by atoms with Gasteiger partial charge in [-0.05, 0) is 44.1 Å². The van der Waals surface area contributed by atoms with Gasteiger partial charge in [-0.3, -0.25) is 9.59 Å². The van der Waals surface area contributed by atoms with Gasteiger partial charge in [-0.1, -0.05) is 54.7 Å². The fourth-order valence-electron chi connectivity index (χ4n) is 4.73. The van der Waals surface area contributed by atoms with Gasteiger partial charge in [0.15, 0.2) is 5.60 Å². The van der Waals surface area contributed by atoms with Crippen LogP contribution < -0.4 is 10.6 Å². The number of primary amides is 1. The number of nitrogens with two attached hydrogens (primary N) is 1. The molecule has 3 N–H and O–H groups in total. The summed E-state index contributed by atoms with van der Waals surface area (Å²) in [4.78, 5) is 29.7. The van der Waals surface area contributed by atoms with Crippen LogP contribution in [0.4, 0.5) is 5.69 Å². The number of carbonyl (C=O) groups is 2. The van der Waals surface area contributed by atoms with Gasteiger partial charge in [-0.15, -0.1) is 12.4 Å². The summed E-state index contributed by atoms with van der Waals surface area (Å²) in [5.74, 6) is -1.16. The summed E-state index contributed by atoms with van der Waals surface area (Å²) in [5.41, 5.74) is 4.57. The van der Waals surface area contributed by atoms with Gasteiger partial charge in [0.05, 0.1) is 10.7 Å². The van der Waals surface area contributed by atoms with Gasteiger partial charge < -0.3 is 20.6 Å². The van der Waals surface area contributed by atoms with E-state index >= 15 is 0 Å². The molecule has 2 atom stereocenters. The van der Waals surface area contributed by atoms with Gasteiger partial charge in [0.2, 0.25) is 5.91 Å². The first kappa shape index (κ1) is 24.8. The number of amides is 2. The van der Waals surface area contributed by atoms with Crippen LogP contribution in [-0.4, -0.2) is 47.5 Å². The highest BCUT2D eigenvalue weighted by atomic mass is 35.5. The van der Waals surface area contributed by atoms with Crippen molar-refractivity contribution in [1.82, 2.24) is 4.90 Å². The van der Waals surface area contributed by atoms with Crippen molar-refractivity contribution in [1.29, 1.82) is 0 Å². The first-order valence-corrected chi connectivity index (χ1v) is 11.2. The highest BCUT2D eigenvalue weighted by Gasteiger charge is 2.55. The first-order valence-electron chi connectivity index (χ1n) is 10.5. The molecule has 2 aromatic rings. The second-order valence-electron chi connectivity index (χ2n) is 8.12. The molecule has 9 heteroatoms. The largest absolute Gasteiger partial charge is 0.372 e. The molecule has 1 fully saturated rings. The predicted molar refractivity (Wildman–Crippen MR) is 129 cm³/mol. The van der Waals surface area contributed by atoms with Gasteiger partial charge in [-0.25, -0.2) is 0 Å². The molecule has 0 saturated carbocycles. The zero-order valence-electron chi connectivity index (χ0n) is 17.7. The van der Waals surface area contributed by atoms with E-state index in [1.54, 1.807) is 35.2 Å². The van der Waals surface area contributed by atoms with E-state index in [1.807, 2.05) is 0 Å². The maximum absolute atomic E-state index is 13.9. The van der Waals surface area contributed by atoms with E-state index in [1.165, 1.54) is 6.07 Å². The van der Waals surface area contributed by atoms with E-state index in [-0.39, 0.29) is 45.2 Å². The Hall–Kier alpha value is -1.83. The summed E-state index contributed by atoms with van der Waals surface area (Å²) in [5, 5.41) is 12.2. The molecule has 2 heterocycles. The van der Waals surface area contributed by atoms with Crippen molar-refractivity contribution in [3.8, 4) is 0 Å². The molecule has 4 rings (SSSR count). The number of rotatable bonds is 4. The number of hydrogen-bond donors (Lipinski definition) is 2. The maximum atomic E-state index is 13.9. The van der Waals surface area contributed by atoms with E-state index in [4.69, 9.17) is 28.9 Å². The molecule has 0 bridgehead atoms. The second kappa shape index (κ2) is 9.57. The van der Waals surface area contributed by atoms with E-state index in [2.05, 4.69) is 11.8 Å². The van der Waals surface area contributed by atoms with Crippen LogP contribution in [0.3, 0.4) is 0 Å². The van der Waals surface area contributed by atoms with Crippen LogP contribution in [-0.2, 0) is 10.4 Å². The lowest BCUT2D eigenvalue weighted by molar-refractivity contribution is -0.132. The van der Waals surface area contributed by atoms with Gasteiger partial charge in [-0.2, -0.15) is 0 Å². The summed E-state index contributed by atoms with van der Waals surface area (Å²) in [6, 6.07) is 9.46. The Morgan fingerprint density at radius 3 is 2.59 bits per heavy atom. The van der Waals surface area contributed by atoms with Crippen molar-refractivity contribution in [2.24, 2.45) is 5.73 Å². The molecule has 2 unspecified atom stereocenters. The molecule has 32 heavy (non-hydrogen) atoms. The molecule has 2 aliphatic heterocycles. The summed E-state index contributed by atoms with van der Waals surface area (Å²) >= 11 is 13.0. The number of halogens is 3. The zero-order chi connectivity index (χ0) is 22.3. The van der Waals surface area contributed by atoms with E-state index in [0.717, 1.165) is 32.4 Å². The molecule has 172 valence electrons. The average molecular weight is 499 g/mol. The van der Waals surface area contributed by atoms with Crippen molar-refractivity contribution in [2.75, 3.05) is 24.5 Å². The molecule has 2 aliphatic rings. The maximum Gasteiger partial charge on any atom is 0.268 e. The average Bonchev–Trinajstić information content (AvgIpc) is 2.88. The molecule has 0 spiro atoms. The lowest BCUT2D eigenvalue weighted by Gasteiger charge is -2.32. The SMILES string of the molecule is CCN1CCCCC(N2C(=O)C(O)(c3ccccc3Cl)c3c(Cl)cc(C(N)=O)cc32)C1.Cl. The van der Waals surface area contributed by atoms with Crippen LogP contribution in [0.2, 0.25) is 10.0 Å². The summed E-state index contributed by atoms with van der Waals surface area (Å²) in [7, 11) is 0. The highest BCUT2D eigenvalue weighted by molar-refractivity contribution is 6.35. The Labute approximate surface area is 203 Å². The molecular weight excluding hydrogens is 473 g/mol. The van der Waals surface area contributed by atoms with Crippen molar-refractivity contribution in [3.05, 3.63) is 63.1 Å². The third-order valence-electron chi connectivity index (χ3n) is 6.31. The van der Waals surface area contributed by atoms with Crippen molar-refractivity contribution in [3.63, 3.8) is 0 Å². The lowest BCUT2D eigenvalue weighted by atomic mass is 9.87. The number of carbonyl (C=O) groups excluding carboxylic acids is 2. The fourth-order valence-corrected chi connectivity index (χ4v) is 5.36. The molecule has 6 nitrogen and oxygen atoms in total. The minimum Gasteiger partial charge on any atom is -0.372 e. The number of fused-ring (bicyclic) bond motifs is 1. The highest BCUT2D eigenvalue weighted by Crippen LogP contribution is 2.51. The second-order valence-corrected chi connectivity index (χ2v) is 8.94. The molecular formula is C23H26Cl3N3O3. The monoisotopic (exact) mass is 497 g/mol. The number of likely N-dealkylation sites (tertiary alicyclic amines) is 1. The fraction of sp³-hybridized carbons (Fsp3) is 0.391. The van der Waals surface area contributed by atoms with Crippen LogP contribution in [0.5, 0.6) is 0 Å². The molecule has 2 amide bonds. The van der Waals surface area contributed by atoms with Gasteiger partial charge in [0.25, 0.3) is 5.91 Å². The number of hydrogen-bond acceptors (Lipinski definition) is 4. The van der Waals surface area contributed by atoms with E-state index < -0.39 is 17.4 Å². The van der Waals surface area contributed by atoms with Crippen molar-refractivity contribution >= 4 is 53.1 Å². The summed E-state index contributed by atoms with van der Waals surface area (Å²) in [6.07, 6.45) is 2.77. The Bertz CT molecular complexity index is 1050. The van der Waals surface area contributed by atoms with E-state index in [9.17, 15) is 14.7 Å². The standard InChI is InChI=1S/C23H25Cl2N3O3.ClH/c1-2-27-10-6-5-7-15(13-27)28-19-12-14(21(26)29)11-18(25)20(19)23(31,22(28)30)16-8-3-4-9-17(16)24;/h3-4,8-9,11-12,15,31H,2,5-7,10,13H2,1H3,(H2,26,29);1H. The first-order chi connectivity index (χ1) is 14.8. The number of benzene rings is 2. The third-order valence-corrected chi connectivity index (χ3v) is 6.94. The number of nitrogens with zero attached hydrogens (tertiary/aromatic N) is 2. The Balaban J connectivity index is 0.00000289. The Morgan fingerprint density at radius 2 is 1.94 bits per heavy atom. The van der Waals surface area contributed by atoms with Crippen LogP contribution in [0, 0.1) is 0 Å².